The van der Waals surface area contributed by atoms with Crippen LogP contribution in [-0.2, 0) is 11.8 Å². The summed E-state index contributed by atoms with van der Waals surface area (Å²) in [7, 11) is 1.85. The van der Waals surface area contributed by atoms with E-state index in [1.807, 2.05) is 29.9 Å². The van der Waals surface area contributed by atoms with Crippen LogP contribution in [0.25, 0.3) is 0 Å². The Labute approximate surface area is 77.2 Å². The maximum atomic E-state index is 10.6. The monoisotopic (exact) mass is 182 g/mol. The van der Waals surface area contributed by atoms with Crippen LogP contribution in [0.2, 0.25) is 0 Å². The molecule has 4 nitrogen and oxygen atoms in total. The molecule has 0 spiro atoms. The van der Waals surface area contributed by atoms with Crippen LogP contribution < -0.4 is 5.32 Å². The van der Waals surface area contributed by atoms with Gasteiger partial charge in [-0.3, -0.25) is 4.79 Å². The zero-order chi connectivity index (χ0) is 9.84. The van der Waals surface area contributed by atoms with Crippen LogP contribution in [0.5, 0.6) is 0 Å². The normalized spacial score (nSPS) is 12.5. The van der Waals surface area contributed by atoms with Gasteiger partial charge < -0.3 is 15.0 Å². The van der Waals surface area contributed by atoms with E-state index in [1.165, 1.54) is 6.92 Å². The number of aryl methyl sites for hydroxylation is 1. The van der Waals surface area contributed by atoms with Crippen LogP contribution in [0.15, 0.2) is 18.3 Å². The highest BCUT2D eigenvalue weighted by Gasteiger charge is 2.09. The lowest BCUT2D eigenvalue weighted by Crippen LogP contribution is -2.26. The van der Waals surface area contributed by atoms with Gasteiger partial charge in [-0.05, 0) is 12.1 Å². The van der Waals surface area contributed by atoms with Crippen LogP contribution in [0.3, 0.4) is 0 Å². The largest absolute Gasteiger partial charge is 0.385 e. The molecule has 0 aliphatic rings. The van der Waals surface area contributed by atoms with Crippen LogP contribution in [-0.4, -0.2) is 22.1 Å². The number of aromatic nitrogens is 1. The van der Waals surface area contributed by atoms with Crippen LogP contribution >= 0.6 is 0 Å². The predicted molar refractivity (Wildman–Crippen MR) is 49.1 cm³/mol. The molecule has 0 aliphatic carbocycles. The highest BCUT2D eigenvalue weighted by atomic mass is 16.3. The molecule has 0 saturated carbocycles. The fourth-order valence-electron chi connectivity index (χ4n) is 1.17. The van der Waals surface area contributed by atoms with E-state index in [0.717, 1.165) is 5.69 Å². The smallest absolute Gasteiger partial charge is 0.216 e. The van der Waals surface area contributed by atoms with Gasteiger partial charge in [-0.25, -0.2) is 0 Å². The Bertz CT molecular complexity index is 294. The Balaban J connectivity index is 2.53. The van der Waals surface area contributed by atoms with Crippen molar-refractivity contribution in [3.05, 3.63) is 24.0 Å². The van der Waals surface area contributed by atoms with Crippen molar-refractivity contribution in [2.45, 2.75) is 13.0 Å². The van der Waals surface area contributed by atoms with Crippen LogP contribution in [0, 0.1) is 0 Å². The first-order valence-electron chi connectivity index (χ1n) is 4.15. The minimum absolute atomic E-state index is 0.131. The van der Waals surface area contributed by atoms with Crippen molar-refractivity contribution in [2.24, 2.45) is 7.05 Å². The van der Waals surface area contributed by atoms with Crippen molar-refractivity contribution < 1.29 is 9.90 Å². The van der Waals surface area contributed by atoms with E-state index in [1.54, 1.807) is 0 Å². The van der Waals surface area contributed by atoms with E-state index in [2.05, 4.69) is 5.32 Å². The first kappa shape index (κ1) is 9.80. The van der Waals surface area contributed by atoms with E-state index >= 15 is 0 Å². The molecule has 1 unspecified atom stereocenters. The molecule has 0 saturated heterocycles. The summed E-state index contributed by atoms with van der Waals surface area (Å²) in [6.45, 7) is 1.69. The lowest BCUT2D eigenvalue weighted by atomic mass is 10.2. The fourth-order valence-corrected chi connectivity index (χ4v) is 1.17. The Morgan fingerprint density at radius 3 is 2.92 bits per heavy atom. The van der Waals surface area contributed by atoms with Gasteiger partial charge >= 0.3 is 0 Å². The van der Waals surface area contributed by atoms with Crippen molar-refractivity contribution in [1.29, 1.82) is 0 Å². The lowest BCUT2D eigenvalue weighted by Gasteiger charge is -2.11. The molecule has 1 aromatic rings. The molecule has 72 valence electrons. The second kappa shape index (κ2) is 4.09. The summed E-state index contributed by atoms with van der Waals surface area (Å²) in [6.07, 6.45) is 1.22. The minimum atomic E-state index is -0.635. The summed E-state index contributed by atoms with van der Waals surface area (Å²) < 4.78 is 1.83. The molecule has 1 atom stereocenters. The lowest BCUT2D eigenvalue weighted by molar-refractivity contribution is -0.119. The third-order valence-electron chi connectivity index (χ3n) is 1.87. The Morgan fingerprint density at radius 1 is 1.77 bits per heavy atom. The number of hydrogen-bond donors (Lipinski definition) is 2. The highest BCUT2D eigenvalue weighted by Crippen LogP contribution is 2.10. The quantitative estimate of drug-likeness (QED) is 0.701. The van der Waals surface area contributed by atoms with Crippen molar-refractivity contribution >= 4 is 5.91 Å². The number of amides is 1. The second-order valence-electron chi connectivity index (χ2n) is 3.00. The SMILES string of the molecule is CC(=O)NCC(O)c1cccn1C. The summed E-state index contributed by atoms with van der Waals surface area (Å²) >= 11 is 0. The topological polar surface area (TPSA) is 54.3 Å². The van der Waals surface area contributed by atoms with Crippen LogP contribution in [0.4, 0.5) is 0 Å². The molecule has 0 bridgehead atoms. The summed E-state index contributed by atoms with van der Waals surface area (Å²) in [4.78, 5) is 10.6. The second-order valence-corrected chi connectivity index (χ2v) is 3.00. The number of aliphatic hydroxyl groups is 1. The maximum absolute atomic E-state index is 10.6. The number of aliphatic hydroxyl groups excluding tert-OH is 1. The summed E-state index contributed by atoms with van der Waals surface area (Å²) in [5.41, 5.74) is 0.800. The van der Waals surface area contributed by atoms with Gasteiger partial charge in [-0.2, -0.15) is 0 Å². The molecule has 0 radical (unpaired) electrons. The average molecular weight is 182 g/mol. The van der Waals surface area contributed by atoms with E-state index < -0.39 is 6.10 Å². The van der Waals surface area contributed by atoms with Crippen molar-refractivity contribution in [3.8, 4) is 0 Å². The fraction of sp³-hybridized carbons (Fsp3) is 0.444. The molecular weight excluding hydrogens is 168 g/mol. The van der Waals surface area contributed by atoms with Crippen molar-refractivity contribution in [1.82, 2.24) is 9.88 Å². The maximum Gasteiger partial charge on any atom is 0.216 e. The first-order valence-corrected chi connectivity index (χ1v) is 4.15. The van der Waals surface area contributed by atoms with E-state index in [-0.39, 0.29) is 12.5 Å². The Morgan fingerprint density at radius 2 is 2.46 bits per heavy atom. The third-order valence-corrected chi connectivity index (χ3v) is 1.87. The molecule has 1 amide bonds. The van der Waals surface area contributed by atoms with Crippen LogP contribution in [0.1, 0.15) is 18.7 Å². The molecule has 1 aromatic heterocycles. The van der Waals surface area contributed by atoms with Gasteiger partial charge in [0.15, 0.2) is 0 Å². The highest BCUT2D eigenvalue weighted by molar-refractivity contribution is 5.72. The molecule has 0 aromatic carbocycles. The zero-order valence-corrected chi connectivity index (χ0v) is 7.82. The molecule has 1 rings (SSSR count). The molecule has 2 N–H and O–H groups in total. The van der Waals surface area contributed by atoms with Crippen molar-refractivity contribution in [2.75, 3.05) is 6.54 Å². The van der Waals surface area contributed by atoms with E-state index in [9.17, 15) is 9.90 Å². The molecule has 0 fully saturated rings. The number of nitrogens with zero attached hydrogens (tertiary/aromatic N) is 1. The third kappa shape index (κ3) is 2.59. The van der Waals surface area contributed by atoms with Gasteiger partial charge in [-0.15, -0.1) is 0 Å². The Hall–Kier alpha value is -1.29. The number of carbonyl (C=O) groups is 1. The van der Waals surface area contributed by atoms with Gasteiger partial charge in [0.1, 0.15) is 6.10 Å². The predicted octanol–water partition coefficient (Wildman–Crippen LogP) is 0.195. The van der Waals surface area contributed by atoms with Gasteiger partial charge in [0, 0.05) is 32.4 Å². The van der Waals surface area contributed by atoms with Gasteiger partial charge in [0.25, 0.3) is 0 Å². The summed E-state index contributed by atoms with van der Waals surface area (Å²) in [5.74, 6) is -0.131. The Kier molecular flexibility index (Phi) is 3.08. The average Bonchev–Trinajstić information content (AvgIpc) is 2.47. The molecule has 4 heteroatoms. The number of nitrogens with one attached hydrogen (secondary N) is 1. The number of rotatable bonds is 3. The number of carbonyl (C=O) groups excluding carboxylic acids is 1. The van der Waals surface area contributed by atoms with Crippen molar-refractivity contribution in [3.63, 3.8) is 0 Å². The molecular formula is C9H14N2O2. The molecule has 13 heavy (non-hydrogen) atoms. The van der Waals surface area contributed by atoms with Gasteiger partial charge in [-0.1, -0.05) is 0 Å². The summed E-state index contributed by atoms with van der Waals surface area (Å²) in [6, 6.07) is 3.68. The van der Waals surface area contributed by atoms with E-state index in [0.29, 0.717) is 0 Å². The zero-order valence-electron chi connectivity index (χ0n) is 7.82. The molecule has 1 heterocycles. The summed E-state index contributed by atoms with van der Waals surface area (Å²) in [5, 5.41) is 12.2. The standard InChI is InChI=1S/C9H14N2O2/c1-7(12)10-6-9(13)8-4-3-5-11(8)2/h3-5,9,13H,6H2,1-2H3,(H,10,12). The van der Waals surface area contributed by atoms with Gasteiger partial charge in [0.05, 0.1) is 0 Å². The van der Waals surface area contributed by atoms with Gasteiger partial charge in [0.2, 0.25) is 5.91 Å². The first-order chi connectivity index (χ1) is 6.11. The number of hydrogen-bond acceptors (Lipinski definition) is 2. The minimum Gasteiger partial charge on any atom is -0.385 e. The molecule has 0 aliphatic heterocycles. The van der Waals surface area contributed by atoms with E-state index in [4.69, 9.17) is 0 Å².